The monoisotopic (exact) mass is 364 g/mol. The summed E-state index contributed by atoms with van der Waals surface area (Å²) in [4.78, 5) is 22.6. The van der Waals surface area contributed by atoms with E-state index in [9.17, 15) is 4.79 Å². The summed E-state index contributed by atoms with van der Waals surface area (Å²) in [6, 6.07) is 9.79. The van der Waals surface area contributed by atoms with Gasteiger partial charge >= 0.3 is 0 Å². The van der Waals surface area contributed by atoms with Crippen molar-refractivity contribution in [2.24, 2.45) is 0 Å². The minimum atomic E-state index is 0.00162. The van der Waals surface area contributed by atoms with E-state index in [0.29, 0.717) is 18.1 Å². The van der Waals surface area contributed by atoms with E-state index in [-0.39, 0.29) is 5.91 Å². The maximum Gasteiger partial charge on any atom is 0.272 e. The van der Waals surface area contributed by atoms with Crippen molar-refractivity contribution in [3.8, 4) is 5.75 Å². The molecule has 2 N–H and O–H groups in total. The van der Waals surface area contributed by atoms with Gasteiger partial charge in [0.05, 0.1) is 12.6 Å². The number of likely N-dealkylation sites (tertiary alicyclic amines) is 1. The maximum atomic E-state index is 12.7. The summed E-state index contributed by atoms with van der Waals surface area (Å²) in [5, 5.41) is 4.43. The standard InChI is InChI=1S/C21H24N4O2/c1-13-14(2)23-19-16(13)11-17(21(26)25-9-6-10-25)24-20(19)22-12-15-7-4-5-8-18(15)27-3/h4-5,7-8,11,23H,6,9-10,12H2,1-3H3,(H,22,24). The van der Waals surface area contributed by atoms with Crippen molar-refractivity contribution in [3.63, 3.8) is 0 Å². The van der Waals surface area contributed by atoms with Crippen molar-refractivity contribution in [1.29, 1.82) is 0 Å². The molecule has 0 unspecified atom stereocenters. The molecule has 27 heavy (non-hydrogen) atoms. The Labute approximate surface area is 158 Å². The molecule has 0 bridgehead atoms. The zero-order valence-corrected chi connectivity index (χ0v) is 15.9. The number of carbonyl (C=O) groups excluding carboxylic acids is 1. The molecule has 140 valence electrons. The van der Waals surface area contributed by atoms with Crippen molar-refractivity contribution in [3.05, 3.63) is 52.8 Å². The van der Waals surface area contributed by atoms with Gasteiger partial charge < -0.3 is 19.9 Å². The summed E-state index contributed by atoms with van der Waals surface area (Å²) in [7, 11) is 1.67. The minimum Gasteiger partial charge on any atom is -0.496 e. The van der Waals surface area contributed by atoms with E-state index in [4.69, 9.17) is 4.74 Å². The molecule has 3 heterocycles. The zero-order valence-electron chi connectivity index (χ0n) is 15.9. The van der Waals surface area contributed by atoms with Gasteiger partial charge in [-0.3, -0.25) is 4.79 Å². The van der Waals surface area contributed by atoms with Crippen molar-refractivity contribution in [2.45, 2.75) is 26.8 Å². The largest absolute Gasteiger partial charge is 0.496 e. The van der Waals surface area contributed by atoms with Crippen LogP contribution in [0.25, 0.3) is 10.9 Å². The van der Waals surface area contributed by atoms with Crippen LogP contribution < -0.4 is 10.1 Å². The third kappa shape index (κ3) is 3.12. The summed E-state index contributed by atoms with van der Waals surface area (Å²) in [6.07, 6.45) is 1.06. The lowest BCUT2D eigenvalue weighted by Gasteiger charge is -2.30. The first-order valence-electron chi connectivity index (χ1n) is 9.23. The average Bonchev–Trinajstić information content (AvgIpc) is 2.93. The Morgan fingerprint density at radius 3 is 2.78 bits per heavy atom. The molecule has 0 spiro atoms. The second kappa shape index (κ2) is 6.95. The number of hydrogen-bond acceptors (Lipinski definition) is 4. The van der Waals surface area contributed by atoms with Crippen molar-refractivity contribution in [1.82, 2.24) is 14.9 Å². The summed E-state index contributed by atoms with van der Waals surface area (Å²) in [5.41, 5.74) is 4.69. The topological polar surface area (TPSA) is 70.2 Å². The number of nitrogens with one attached hydrogen (secondary N) is 2. The number of pyridine rings is 1. The Kier molecular flexibility index (Phi) is 4.48. The van der Waals surface area contributed by atoms with Gasteiger partial charge in [0, 0.05) is 36.3 Å². The predicted octanol–water partition coefficient (Wildman–Crippen LogP) is 3.65. The number of nitrogens with zero attached hydrogens (tertiary/aromatic N) is 2. The van der Waals surface area contributed by atoms with Gasteiger partial charge in [-0.2, -0.15) is 0 Å². The second-order valence-electron chi connectivity index (χ2n) is 6.96. The highest BCUT2D eigenvalue weighted by molar-refractivity contribution is 6.00. The van der Waals surface area contributed by atoms with E-state index in [2.05, 4.69) is 22.2 Å². The number of fused-ring (bicyclic) bond motifs is 1. The average molecular weight is 364 g/mol. The van der Waals surface area contributed by atoms with Gasteiger partial charge in [0.25, 0.3) is 5.91 Å². The number of ether oxygens (including phenoxy) is 1. The first-order valence-corrected chi connectivity index (χ1v) is 9.23. The van der Waals surface area contributed by atoms with Gasteiger partial charge in [-0.15, -0.1) is 0 Å². The number of rotatable bonds is 5. The molecule has 3 aromatic rings. The summed E-state index contributed by atoms with van der Waals surface area (Å²) >= 11 is 0. The highest BCUT2D eigenvalue weighted by Crippen LogP contribution is 2.29. The molecule has 0 saturated carbocycles. The van der Waals surface area contributed by atoms with Crippen LogP contribution in [0.1, 0.15) is 33.7 Å². The Bertz CT molecular complexity index is 1000. The number of H-pyrrole nitrogens is 1. The number of carbonyl (C=O) groups is 1. The van der Waals surface area contributed by atoms with E-state index < -0.39 is 0 Å². The second-order valence-corrected chi connectivity index (χ2v) is 6.96. The number of anilines is 1. The van der Waals surface area contributed by atoms with Crippen LogP contribution in [0.15, 0.2) is 30.3 Å². The number of para-hydroxylation sites is 1. The molecule has 1 aliphatic heterocycles. The molecule has 0 atom stereocenters. The Hall–Kier alpha value is -3.02. The quantitative estimate of drug-likeness (QED) is 0.725. The number of amides is 1. The molecule has 0 aliphatic carbocycles. The Morgan fingerprint density at radius 2 is 2.07 bits per heavy atom. The van der Waals surface area contributed by atoms with Crippen LogP contribution in [0, 0.1) is 13.8 Å². The smallest absolute Gasteiger partial charge is 0.272 e. The van der Waals surface area contributed by atoms with Gasteiger partial charge in [0.15, 0.2) is 5.82 Å². The van der Waals surface area contributed by atoms with Gasteiger partial charge in [-0.1, -0.05) is 18.2 Å². The number of benzene rings is 1. The van der Waals surface area contributed by atoms with Crippen LogP contribution in [0.3, 0.4) is 0 Å². The van der Waals surface area contributed by atoms with Crippen molar-refractivity contribution >= 4 is 22.6 Å². The molecule has 1 saturated heterocycles. The van der Waals surface area contributed by atoms with E-state index in [1.54, 1.807) is 7.11 Å². The maximum absolute atomic E-state index is 12.7. The van der Waals surface area contributed by atoms with Gasteiger partial charge in [0.1, 0.15) is 11.4 Å². The SMILES string of the molecule is COc1ccccc1CNc1nc(C(=O)N2CCC2)cc2c(C)c(C)[nH]c12. The Balaban J connectivity index is 1.71. The molecule has 0 radical (unpaired) electrons. The molecule has 4 rings (SSSR count). The predicted molar refractivity (Wildman–Crippen MR) is 106 cm³/mol. The molecular formula is C21H24N4O2. The first kappa shape index (κ1) is 17.4. The molecule has 2 aromatic heterocycles. The lowest BCUT2D eigenvalue weighted by molar-refractivity contribution is 0.0646. The van der Waals surface area contributed by atoms with Crippen LogP contribution in [-0.4, -0.2) is 41.0 Å². The van der Waals surface area contributed by atoms with E-state index in [1.165, 1.54) is 0 Å². The molecule has 1 aromatic carbocycles. The Morgan fingerprint density at radius 1 is 1.30 bits per heavy atom. The highest BCUT2D eigenvalue weighted by Gasteiger charge is 2.24. The fourth-order valence-corrected chi connectivity index (χ4v) is 3.40. The molecule has 1 amide bonds. The number of aromatic nitrogens is 2. The number of hydrogen-bond donors (Lipinski definition) is 2. The van der Waals surface area contributed by atoms with Crippen LogP contribution in [-0.2, 0) is 6.54 Å². The molecule has 1 aliphatic rings. The van der Waals surface area contributed by atoms with Gasteiger partial charge in [0.2, 0.25) is 0 Å². The number of aromatic amines is 1. The van der Waals surface area contributed by atoms with Crippen molar-refractivity contribution < 1.29 is 9.53 Å². The highest BCUT2D eigenvalue weighted by atomic mass is 16.5. The van der Waals surface area contributed by atoms with Gasteiger partial charge in [-0.05, 0) is 38.0 Å². The normalized spacial score (nSPS) is 13.5. The van der Waals surface area contributed by atoms with Crippen LogP contribution in [0.4, 0.5) is 5.82 Å². The van der Waals surface area contributed by atoms with Gasteiger partial charge in [-0.25, -0.2) is 4.98 Å². The molecule has 1 fully saturated rings. The van der Waals surface area contributed by atoms with E-state index in [1.807, 2.05) is 42.2 Å². The summed E-state index contributed by atoms with van der Waals surface area (Å²) in [6.45, 7) is 6.29. The number of aryl methyl sites for hydroxylation is 2. The zero-order chi connectivity index (χ0) is 19.0. The fourth-order valence-electron chi connectivity index (χ4n) is 3.40. The van der Waals surface area contributed by atoms with Crippen molar-refractivity contribution in [2.75, 3.05) is 25.5 Å². The lowest BCUT2D eigenvalue weighted by Crippen LogP contribution is -2.42. The molecule has 6 heteroatoms. The minimum absolute atomic E-state index is 0.00162. The number of methoxy groups -OCH3 is 1. The molecular weight excluding hydrogens is 340 g/mol. The third-order valence-corrected chi connectivity index (χ3v) is 5.30. The van der Waals surface area contributed by atoms with Crippen LogP contribution in [0.5, 0.6) is 5.75 Å². The lowest BCUT2D eigenvalue weighted by atomic mass is 10.1. The fraction of sp³-hybridized carbons (Fsp3) is 0.333. The van der Waals surface area contributed by atoms with Crippen LogP contribution in [0.2, 0.25) is 0 Å². The summed E-state index contributed by atoms with van der Waals surface area (Å²) in [5.74, 6) is 1.52. The van der Waals surface area contributed by atoms with Crippen LogP contribution >= 0.6 is 0 Å². The third-order valence-electron chi connectivity index (χ3n) is 5.30. The first-order chi connectivity index (χ1) is 13.1. The van der Waals surface area contributed by atoms with E-state index >= 15 is 0 Å². The summed E-state index contributed by atoms with van der Waals surface area (Å²) < 4.78 is 5.43. The van der Waals surface area contributed by atoms with E-state index in [0.717, 1.165) is 53.0 Å². The molecule has 6 nitrogen and oxygen atoms in total.